The second-order valence-electron chi connectivity index (χ2n) is 6.45. The lowest BCUT2D eigenvalue weighted by atomic mass is 10.1. The maximum absolute atomic E-state index is 11.9. The van der Waals surface area contributed by atoms with Gasteiger partial charge >= 0.3 is 0 Å². The number of hydrogen-bond acceptors (Lipinski definition) is 3. The second kappa shape index (κ2) is 8.43. The predicted molar refractivity (Wildman–Crippen MR) is 95.8 cm³/mol. The van der Waals surface area contributed by atoms with Crippen LogP contribution in [-0.2, 0) is 11.3 Å². The molecule has 2 rings (SSSR count). The van der Waals surface area contributed by atoms with Crippen molar-refractivity contribution in [2.75, 3.05) is 6.54 Å². The number of hydrogen-bond donors (Lipinski definition) is 1. The van der Waals surface area contributed by atoms with Gasteiger partial charge in [-0.25, -0.2) is 4.68 Å². The van der Waals surface area contributed by atoms with Crippen molar-refractivity contribution in [1.29, 1.82) is 0 Å². The number of nitrogens with zero attached hydrogens (tertiary/aromatic N) is 2. The first kappa shape index (κ1) is 17.9. The fourth-order valence-corrected chi connectivity index (χ4v) is 2.28. The Morgan fingerprint density at radius 3 is 2.54 bits per heavy atom. The van der Waals surface area contributed by atoms with Crippen molar-refractivity contribution in [1.82, 2.24) is 15.1 Å². The van der Waals surface area contributed by atoms with Crippen LogP contribution in [0, 0.1) is 12.8 Å². The van der Waals surface area contributed by atoms with E-state index in [1.165, 1.54) is 16.3 Å². The molecule has 0 saturated carbocycles. The lowest BCUT2D eigenvalue weighted by Crippen LogP contribution is -2.28. The average Bonchev–Trinajstić information content (AvgIpc) is 2.55. The van der Waals surface area contributed by atoms with Gasteiger partial charge < -0.3 is 5.32 Å². The number of aromatic nitrogens is 2. The highest BCUT2D eigenvalue weighted by molar-refractivity contribution is 5.75. The number of benzene rings is 1. The van der Waals surface area contributed by atoms with Crippen LogP contribution >= 0.6 is 0 Å². The van der Waals surface area contributed by atoms with Crippen LogP contribution in [0.25, 0.3) is 11.3 Å². The Kier molecular flexibility index (Phi) is 6.29. The molecule has 24 heavy (non-hydrogen) atoms. The van der Waals surface area contributed by atoms with Gasteiger partial charge in [0.15, 0.2) is 0 Å². The van der Waals surface area contributed by atoms with Gasteiger partial charge in [-0.3, -0.25) is 9.59 Å². The largest absolute Gasteiger partial charge is 0.356 e. The molecule has 0 unspecified atom stereocenters. The minimum atomic E-state index is -0.145. The molecule has 0 atom stereocenters. The molecule has 5 nitrogen and oxygen atoms in total. The first-order valence-electron chi connectivity index (χ1n) is 8.37. The topological polar surface area (TPSA) is 64.0 Å². The normalized spacial score (nSPS) is 10.8. The number of carbonyl (C=O) groups is 1. The summed E-state index contributed by atoms with van der Waals surface area (Å²) < 4.78 is 1.44. The molecule has 0 aliphatic heterocycles. The molecule has 0 saturated heterocycles. The minimum Gasteiger partial charge on any atom is -0.356 e. The number of rotatable bonds is 7. The molecule has 1 N–H and O–H groups in total. The minimum absolute atomic E-state index is 0.0199. The van der Waals surface area contributed by atoms with E-state index in [0.717, 1.165) is 11.3 Å². The van der Waals surface area contributed by atoms with E-state index in [-0.39, 0.29) is 11.5 Å². The SMILES string of the molecule is Cc1ccc(-c2ccc(=O)n(CCCC(=O)NCC(C)C)n2)cc1. The third-order valence-electron chi connectivity index (χ3n) is 3.70. The smallest absolute Gasteiger partial charge is 0.266 e. The zero-order valence-electron chi connectivity index (χ0n) is 14.6. The van der Waals surface area contributed by atoms with Crippen LogP contribution in [0.5, 0.6) is 0 Å². The Balaban J connectivity index is 1.98. The maximum atomic E-state index is 11.9. The molecule has 1 aromatic carbocycles. The first-order chi connectivity index (χ1) is 11.5. The van der Waals surface area contributed by atoms with Crippen molar-refractivity contribution in [3.8, 4) is 11.3 Å². The molecule has 0 bridgehead atoms. The Morgan fingerprint density at radius 2 is 1.88 bits per heavy atom. The third kappa shape index (κ3) is 5.33. The molecule has 5 heteroatoms. The fourth-order valence-electron chi connectivity index (χ4n) is 2.28. The van der Waals surface area contributed by atoms with Crippen LogP contribution in [0.2, 0.25) is 0 Å². The summed E-state index contributed by atoms with van der Waals surface area (Å²) in [5.74, 6) is 0.455. The van der Waals surface area contributed by atoms with Gasteiger partial charge in [0, 0.05) is 31.1 Å². The van der Waals surface area contributed by atoms with Crippen molar-refractivity contribution < 1.29 is 4.79 Å². The van der Waals surface area contributed by atoms with E-state index in [1.807, 2.05) is 31.2 Å². The summed E-state index contributed by atoms with van der Waals surface area (Å²) in [4.78, 5) is 23.7. The van der Waals surface area contributed by atoms with Gasteiger partial charge in [0.2, 0.25) is 5.91 Å². The summed E-state index contributed by atoms with van der Waals surface area (Å²) in [5.41, 5.74) is 2.77. The van der Waals surface area contributed by atoms with Crippen LogP contribution < -0.4 is 10.9 Å². The Bertz CT molecular complexity index is 733. The zero-order valence-corrected chi connectivity index (χ0v) is 14.6. The molecular weight excluding hydrogens is 302 g/mol. The molecule has 0 fully saturated rings. The molecule has 0 spiro atoms. The zero-order chi connectivity index (χ0) is 17.5. The maximum Gasteiger partial charge on any atom is 0.266 e. The van der Waals surface area contributed by atoms with Gasteiger partial charge in [0.05, 0.1) is 5.69 Å². The summed E-state index contributed by atoms with van der Waals surface area (Å²) in [5, 5.41) is 7.29. The van der Waals surface area contributed by atoms with E-state index < -0.39 is 0 Å². The molecular formula is C19H25N3O2. The van der Waals surface area contributed by atoms with E-state index in [4.69, 9.17) is 0 Å². The lowest BCUT2D eigenvalue weighted by Gasteiger charge is -2.09. The second-order valence-corrected chi connectivity index (χ2v) is 6.45. The predicted octanol–water partition coefficient (Wildman–Crippen LogP) is 2.77. The van der Waals surface area contributed by atoms with Gasteiger partial charge in [0.1, 0.15) is 0 Å². The van der Waals surface area contributed by atoms with Crippen LogP contribution in [0.15, 0.2) is 41.2 Å². The number of carbonyl (C=O) groups excluding carboxylic acids is 1. The Hall–Kier alpha value is -2.43. The highest BCUT2D eigenvalue weighted by atomic mass is 16.1. The van der Waals surface area contributed by atoms with E-state index in [0.29, 0.717) is 31.8 Å². The number of amides is 1. The van der Waals surface area contributed by atoms with E-state index in [9.17, 15) is 9.59 Å². The van der Waals surface area contributed by atoms with Crippen molar-refractivity contribution in [3.63, 3.8) is 0 Å². The molecule has 2 aromatic rings. The van der Waals surface area contributed by atoms with Crippen LogP contribution in [0.1, 0.15) is 32.3 Å². The van der Waals surface area contributed by atoms with Gasteiger partial charge in [0.25, 0.3) is 5.56 Å². The fraction of sp³-hybridized carbons (Fsp3) is 0.421. The quantitative estimate of drug-likeness (QED) is 0.850. The summed E-state index contributed by atoms with van der Waals surface area (Å²) >= 11 is 0. The summed E-state index contributed by atoms with van der Waals surface area (Å²) in [6.45, 7) is 7.26. The van der Waals surface area contributed by atoms with Gasteiger partial charge in [-0.2, -0.15) is 5.10 Å². The van der Waals surface area contributed by atoms with Crippen molar-refractivity contribution in [2.24, 2.45) is 5.92 Å². The highest BCUT2D eigenvalue weighted by Crippen LogP contribution is 2.15. The molecule has 1 amide bonds. The van der Waals surface area contributed by atoms with Crippen molar-refractivity contribution in [2.45, 2.75) is 40.2 Å². The Labute approximate surface area is 142 Å². The van der Waals surface area contributed by atoms with E-state index in [2.05, 4.69) is 24.3 Å². The van der Waals surface area contributed by atoms with E-state index in [1.54, 1.807) is 6.07 Å². The van der Waals surface area contributed by atoms with Gasteiger partial charge in [-0.15, -0.1) is 0 Å². The molecule has 1 heterocycles. The van der Waals surface area contributed by atoms with Gasteiger partial charge in [-0.05, 0) is 25.3 Å². The standard InChI is InChI=1S/C19H25N3O2/c1-14(2)13-20-18(23)5-4-12-22-19(24)11-10-17(21-22)16-8-6-15(3)7-9-16/h6-11,14H,4-5,12-13H2,1-3H3,(H,20,23). The summed E-state index contributed by atoms with van der Waals surface area (Å²) in [6.07, 6.45) is 0.990. The molecule has 1 aromatic heterocycles. The van der Waals surface area contributed by atoms with Crippen LogP contribution in [-0.4, -0.2) is 22.2 Å². The lowest BCUT2D eigenvalue weighted by molar-refractivity contribution is -0.121. The first-order valence-corrected chi connectivity index (χ1v) is 8.37. The average molecular weight is 327 g/mol. The molecule has 0 radical (unpaired) electrons. The third-order valence-corrected chi connectivity index (χ3v) is 3.70. The van der Waals surface area contributed by atoms with E-state index >= 15 is 0 Å². The molecule has 0 aliphatic rings. The summed E-state index contributed by atoms with van der Waals surface area (Å²) in [6, 6.07) is 11.3. The summed E-state index contributed by atoms with van der Waals surface area (Å²) in [7, 11) is 0. The molecule has 128 valence electrons. The van der Waals surface area contributed by atoms with Crippen molar-refractivity contribution >= 4 is 5.91 Å². The number of aryl methyl sites for hydroxylation is 2. The molecule has 0 aliphatic carbocycles. The van der Waals surface area contributed by atoms with Gasteiger partial charge in [-0.1, -0.05) is 43.7 Å². The van der Waals surface area contributed by atoms with Crippen LogP contribution in [0.4, 0.5) is 0 Å². The van der Waals surface area contributed by atoms with Crippen molar-refractivity contribution in [3.05, 3.63) is 52.3 Å². The highest BCUT2D eigenvalue weighted by Gasteiger charge is 2.06. The van der Waals surface area contributed by atoms with Crippen LogP contribution in [0.3, 0.4) is 0 Å². The number of nitrogens with one attached hydrogen (secondary N) is 1. The monoisotopic (exact) mass is 327 g/mol. The Morgan fingerprint density at radius 1 is 1.17 bits per heavy atom.